The van der Waals surface area contributed by atoms with Crippen molar-refractivity contribution in [1.82, 2.24) is 5.48 Å². The summed E-state index contributed by atoms with van der Waals surface area (Å²) < 4.78 is 25.3. The van der Waals surface area contributed by atoms with Gasteiger partial charge in [0, 0.05) is 5.69 Å². The third-order valence-electron chi connectivity index (χ3n) is 4.21. The highest BCUT2D eigenvalue weighted by Gasteiger charge is 2.22. The molecule has 0 radical (unpaired) electrons. The van der Waals surface area contributed by atoms with Crippen LogP contribution < -0.4 is 10.8 Å². The van der Waals surface area contributed by atoms with Gasteiger partial charge in [-0.2, -0.15) is 0 Å². The number of hydroxylamine groups is 1. The first-order valence-corrected chi connectivity index (χ1v) is 9.92. The lowest BCUT2D eigenvalue weighted by molar-refractivity contribution is 0.0271. The standard InChI is InChI=1S/C19H21FN2O3S/c1-12-9-15(26(2)24)6-8-17(12)21-18-10-14(20)5-7-16(18)19(23)22-25-11-13-3-4-13/h5-10,13,21H,3-4,11H2,1-2H3,(H,22,23). The van der Waals surface area contributed by atoms with Crippen molar-refractivity contribution in [1.29, 1.82) is 0 Å². The highest BCUT2D eigenvalue weighted by Crippen LogP contribution is 2.29. The number of halogens is 1. The van der Waals surface area contributed by atoms with Gasteiger partial charge >= 0.3 is 0 Å². The molecule has 1 atom stereocenters. The van der Waals surface area contributed by atoms with Crippen LogP contribution in [-0.4, -0.2) is 23.3 Å². The van der Waals surface area contributed by atoms with Crippen LogP contribution in [0.1, 0.15) is 28.8 Å². The summed E-state index contributed by atoms with van der Waals surface area (Å²) in [6.45, 7) is 2.35. The summed E-state index contributed by atoms with van der Waals surface area (Å²) in [5.74, 6) is -0.365. The van der Waals surface area contributed by atoms with E-state index in [9.17, 15) is 13.7 Å². The maximum atomic E-state index is 13.7. The monoisotopic (exact) mass is 376 g/mol. The zero-order chi connectivity index (χ0) is 18.7. The van der Waals surface area contributed by atoms with E-state index in [4.69, 9.17) is 4.84 Å². The van der Waals surface area contributed by atoms with Crippen molar-refractivity contribution in [3.63, 3.8) is 0 Å². The van der Waals surface area contributed by atoms with E-state index in [1.807, 2.05) is 6.92 Å². The van der Waals surface area contributed by atoms with Crippen LogP contribution in [-0.2, 0) is 16.0 Å². The molecule has 1 aliphatic carbocycles. The highest BCUT2D eigenvalue weighted by atomic mass is 32.2. The maximum Gasteiger partial charge on any atom is 0.276 e. The second kappa shape index (κ2) is 8.07. The lowest BCUT2D eigenvalue weighted by atomic mass is 10.1. The number of hydrogen-bond acceptors (Lipinski definition) is 4. The molecule has 1 amide bonds. The largest absolute Gasteiger partial charge is 0.612 e. The molecule has 2 aromatic carbocycles. The van der Waals surface area contributed by atoms with Gasteiger partial charge in [0.2, 0.25) is 0 Å². The molecule has 2 aromatic rings. The Morgan fingerprint density at radius 2 is 2.04 bits per heavy atom. The van der Waals surface area contributed by atoms with Gasteiger partial charge in [-0.3, -0.25) is 9.63 Å². The lowest BCUT2D eigenvalue weighted by Gasteiger charge is -2.15. The van der Waals surface area contributed by atoms with Crippen molar-refractivity contribution in [2.45, 2.75) is 24.7 Å². The van der Waals surface area contributed by atoms with Crippen LogP contribution in [0.15, 0.2) is 41.3 Å². The predicted octanol–water partition coefficient (Wildman–Crippen LogP) is 3.69. The Morgan fingerprint density at radius 3 is 2.69 bits per heavy atom. The summed E-state index contributed by atoms with van der Waals surface area (Å²) >= 11 is -1.08. The van der Waals surface area contributed by atoms with Crippen LogP contribution in [0.5, 0.6) is 0 Å². The van der Waals surface area contributed by atoms with Gasteiger partial charge in [-0.15, -0.1) is 0 Å². The Labute approximate surface area is 155 Å². The van der Waals surface area contributed by atoms with Crippen LogP contribution in [0.4, 0.5) is 15.8 Å². The fourth-order valence-corrected chi connectivity index (χ4v) is 3.09. The molecular formula is C19H21FN2O3S. The van der Waals surface area contributed by atoms with Gasteiger partial charge in [0.25, 0.3) is 5.91 Å². The maximum absolute atomic E-state index is 13.7. The number of nitrogens with one attached hydrogen (secondary N) is 2. The summed E-state index contributed by atoms with van der Waals surface area (Å²) in [6, 6.07) is 9.22. The van der Waals surface area contributed by atoms with Gasteiger partial charge in [0.15, 0.2) is 4.90 Å². The third kappa shape index (κ3) is 4.75. The Kier molecular flexibility index (Phi) is 5.80. The fraction of sp³-hybridized carbons (Fsp3) is 0.316. The molecule has 5 nitrogen and oxygen atoms in total. The molecule has 0 aliphatic heterocycles. The molecule has 2 N–H and O–H groups in total. The number of benzene rings is 2. The van der Waals surface area contributed by atoms with E-state index in [1.165, 1.54) is 18.2 Å². The summed E-state index contributed by atoms with van der Waals surface area (Å²) in [7, 11) is 0. The van der Waals surface area contributed by atoms with Gasteiger partial charge in [0.1, 0.15) is 12.1 Å². The molecule has 138 valence electrons. The van der Waals surface area contributed by atoms with Gasteiger partial charge in [0.05, 0.1) is 17.9 Å². The number of hydrogen-bond donors (Lipinski definition) is 2. The molecule has 1 fully saturated rings. The molecule has 1 aliphatic rings. The number of amides is 1. The minimum absolute atomic E-state index is 0.282. The van der Waals surface area contributed by atoms with Crippen LogP contribution in [0, 0.1) is 18.7 Å². The fourth-order valence-electron chi connectivity index (χ4n) is 2.48. The smallest absolute Gasteiger partial charge is 0.276 e. The quantitative estimate of drug-likeness (QED) is 0.571. The highest BCUT2D eigenvalue weighted by molar-refractivity contribution is 7.90. The average molecular weight is 376 g/mol. The van der Waals surface area contributed by atoms with E-state index in [-0.39, 0.29) is 5.56 Å². The first-order chi connectivity index (χ1) is 12.4. The van der Waals surface area contributed by atoms with Crippen molar-refractivity contribution in [2.75, 3.05) is 18.2 Å². The first-order valence-electron chi connectivity index (χ1n) is 8.37. The molecule has 3 rings (SSSR count). The Hall–Kier alpha value is -2.09. The number of rotatable bonds is 7. The zero-order valence-corrected chi connectivity index (χ0v) is 15.5. The predicted molar refractivity (Wildman–Crippen MR) is 99.3 cm³/mol. The van der Waals surface area contributed by atoms with Crippen LogP contribution >= 0.6 is 0 Å². The van der Waals surface area contributed by atoms with Crippen LogP contribution in [0.2, 0.25) is 0 Å². The van der Waals surface area contributed by atoms with Gasteiger partial charge in [-0.05, 0) is 78.8 Å². The van der Waals surface area contributed by atoms with E-state index >= 15 is 0 Å². The SMILES string of the molecule is Cc1cc([S+](C)[O-])ccc1Nc1cc(F)ccc1C(=O)NOCC1CC1. The summed E-state index contributed by atoms with van der Waals surface area (Å²) in [6.07, 6.45) is 3.85. The molecule has 0 bridgehead atoms. The van der Waals surface area contributed by atoms with E-state index in [0.717, 1.165) is 18.4 Å². The van der Waals surface area contributed by atoms with E-state index in [2.05, 4.69) is 10.8 Å². The van der Waals surface area contributed by atoms with Gasteiger partial charge < -0.3 is 9.87 Å². The molecule has 0 saturated heterocycles. The summed E-state index contributed by atoms with van der Waals surface area (Å²) in [4.78, 5) is 18.3. The van der Waals surface area contributed by atoms with E-state index < -0.39 is 22.9 Å². The van der Waals surface area contributed by atoms with Crippen molar-refractivity contribution >= 4 is 28.5 Å². The second-order valence-electron chi connectivity index (χ2n) is 6.43. The van der Waals surface area contributed by atoms with Crippen molar-refractivity contribution in [2.24, 2.45) is 5.92 Å². The summed E-state index contributed by atoms with van der Waals surface area (Å²) in [5.41, 5.74) is 4.59. The molecule has 1 unspecified atom stereocenters. The van der Waals surface area contributed by atoms with Gasteiger partial charge in [-0.1, -0.05) is 0 Å². The molecule has 0 aromatic heterocycles. The minimum Gasteiger partial charge on any atom is -0.612 e. The molecule has 26 heavy (non-hydrogen) atoms. The molecule has 0 heterocycles. The Balaban J connectivity index is 1.77. The molecule has 1 saturated carbocycles. The number of aryl methyl sites for hydroxylation is 1. The number of carbonyl (C=O) groups excluding carboxylic acids is 1. The second-order valence-corrected chi connectivity index (χ2v) is 7.81. The minimum atomic E-state index is -1.08. The third-order valence-corrected chi connectivity index (χ3v) is 5.12. The van der Waals surface area contributed by atoms with Gasteiger partial charge in [-0.25, -0.2) is 9.87 Å². The zero-order valence-electron chi connectivity index (χ0n) is 14.7. The number of anilines is 2. The lowest BCUT2D eigenvalue weighted by Crippen LogP contribution is -2.25. The summed E-state index contributed by atoms with van der Waals surface area (Å²) in [5, 5.41) is 3.08. The van der Waals surface area contributed by atoms with Crippen molar-refractivity contribution in [3.05, 3.63) is 53.3 Å². The molecule has 7 heteroatoms. The van der Waals surface area contributed by atoms with Crippen molar-refractivity contribution < 1.29 is 18.6 Å². The number of carbonyl (C=O) groups is 1. The Bertz CT molecular complexity index is 809. The molecule has 0 spiro atoms. The van der Waals surface area contributed by atoms with Crippen molar-refractivity contribution in [3.8, 4) is 0 Å². The van der Waals surface area contributed by atoms with E-state index in [0.29, 0.717) is 28.8 Å². The molecular weight excluding hydrogens is 355 g/mol. The topological polar surface area (TPSA) is 73.4 Å². The van der Waals surface area contributed by atoms with Crippen LogP contribution in [0.25, 0.3) is 0 Å². The first kappa shape index (κ1) is 18.7. The average Bonchev–Trinajstić information content (AvgIpc) is 3.41. The van der Waals surface area contributed by atoms with E-state index in [1.54, 1.807) is 24.5 Å². The normalized spacial score (nSPS) is 14.8. The van der Waals surface area contributed by atoms with Crippen LogP contribution in [0.3, 0.4) is 0 Å². The Morgan fingerprint density at radius 1 is 1.27 bits per heavy atom.